The van der Waals surface area contributed by atoms with Crippen LogP contribution in [0.1, 0.15) is 22.7 Å². The molecule has 1 aliphatic rings. The summed E-state index contributed by atoms with van der Waals surface area (Å²) >= 11 is 12.4. The summed E-state index contributed by atoms with van der Waals surface area (Å²) in [6.07, 6.45) is 0.392. The fourth-order valence-electron chi connectivity index (χ4n) is 4.08. The lowest BCUT2D eigenvalue weighted by Crippen LogP contribution is -2.31. The van der Waals surface area contributed by atoms with E-state index in [9.17, 15) is 19.1 Å². The van der Waals surface area contributed by atoms with Gasteiger partial charge in [0.25, 0.3) is 11.7 Å². The number of ether oxygens (including phenoxy) is 1. The average Bonchev–Trinajstić information content (AvgIpc) is 3.08. The molecular formula is C26H20Cl2FNO4. The Bertz CT molecular complexity index is 1280. The van der Waals surface area contributed by atoms with Crippen LogP contribution in [0.4, 0.5) is 4.39 Å². The van der Waals surface area contributed by atoms with Crippen molar-refractivity contribution in [2.24, 2.45) is 0 Å². The summed E-state index contributed by atoms with van der Waals surface area (Å²) in [5.41, 5.74) is 1.47. The van der Waals surface area contributed by atoms with Gasteiger partial charge in [0.05, 0.1) is 29.3 Å². The molecule has 3 aromatic carbocycles. The number of carbonyl (C=O) groups excluding carboxylic acids is 2. The van der Waals surface area contributed by atoms with Gasteiger partial charge in [-0.05, 0) is 41.8 Å². The number of Topliss-reactive ketones (excluding diaryl/α,β-unsaturated/α-hetero) is 1. The van der Waals surface area contributed by atoms with Crippen molar-refractivity contribution in [3.63, 3.8) is 0 Å². The third-order valence-corrected chi connectivity index (χ3v) is 6.18. The van der Waals surface area contributed by atoms with E-state index in [2.05, 4.69) is 0 Å². The largest absolute Gasteiger partial charge is 0.507 e. The highest BCUT2D eigenvalue weighted by Crippen LogP contribution is 2.43. The first-order valence-electron chi connectivity index (χ1n) is 10.4. The van der Waals surface area contributed by atoms with Gasteiger partial charge in [0.15, 0.2) is 0 Å². The molecule has 34 heavy (non-hydrogen) atoms. The molecule has 0 saturated carbocycles. The van der Waals surface area contributed by atoms with Gasteiger partial charge in [-0.2, -0.15) is 0 Å². The van der Waals surface area contributed by atoms with E-state index in [0.717, 1.165) is 5.56 Å². The van der Waals surface area contributed by atoms with E-state index >= 15 is 0 Å². The quantitative estimate of drug-likeness (QED) is 0.264. The first kappa shape index (κ1) is 23.8. The maximum Gasteiger partial charge on any atom is 0.295 e. The van der Waals surface area contributed by atoms with E-state index in [0.29, 0.717) is 12.0 Å². The average molecular weight is 500 g/mol. The van der Waals surface area contributed by atoms with Crippen molar-refractivity contribution < 1.29 is 23.8 Å². The summed E-state index contributed by atoms with van der Waals surface area (Å²) in [6, 6.07) is 16.9. The van der Waals surface area contributed by atoms with Crippen molar-refractivity contribution in [3.8, 4) is 5.75 Å². The van der Waals surface area contributed by atoms with Gasteiger partial charge < -0.3 is 14.7 Å². The van der Waals surface area contributed by atoms with E-state index < -0.39 is 23.5 Å². The maximum atomic E-state index is 13.3. The standard InChI is InChI=1S/C26H20Cl2FNO4/c1-34-25-19(13-17(27)14-20(25)28)23(31)21-22(16-5-3-2-4-6-16)30(26(33)24(21)32)12-11-15-7-9-18(29)10-8-15/h2-10,13-14,22,31H,11-12H2,1H3/b23-21+. The topological polar surface area (TPSA) is 66.8 Å². The van der Waals surface area contributed by atoms with E-state index in [-0.39, 0.29) is 39.3 Å². The Morgan fingerprint density at radius 3 is 2.38 bits per heavy atom. The summed E-state index contributed by atoms with van der Waals surface area (Å²) in [6.45, 7) is 0.181. The van der Waals surface area contributed by atoms with E-state index in [4.69, 9.17) is 27.9 Å². The Kier molecular flexibility index (Phi) is 6.91. The van der Waals surface area contributed by atoms with Crippen LogP contribution in [0.5, 0.6) is 5.75 Å². The van der Waals surface area contributed by atoms with Crippen LogP contribution in [0.2, 0.25) is 10.0 Å². The third-order valence-electron chi connectivity index (χ3n) is 5.68. The fourth-order valence-corrected chi connectivity index (χ4v) is 4.65. The van der Waals surface area contributed by atoms with Crippen LogP contribution in [-0.4, -0.2) is 35.4 Å². The number of hydrogen-bond donors (Lipinski definition) is 1. The molecule has 1 fully saturated rings. The van der Waals surface area contributed by atoms with Crippen molar-refractivity contribution >= 4 is 40.7 Å². The molecule has 4 rings (SSSR count). The zero-order chi connectivity index (χ0) is 24.4. The van der Waals surface area contributed by atoms with Crippen LogP contribution in [-0.2, 0) is 16.0 Å². The number of aliphatic hydroxyl groups excluding tert-OH is 1. The van der Waals surface area contributed by atoms with Crippen LogP contribution < -0.4 is 4.74 Å². The molecule has 1 unspecified atom stereocenters. The first-order valence-corrected chi connectivity index (χ1v) is 11.2. The van der Waals surface area contributed by atoms with Gasteiger partial charge >= 0.3 is 0 Å². The number of ketones is 1. The highest BCUT2D eigenvalue weighted by molar-refractivity contribution is 6.46. The molecule has 1 aliphatic heterocycles. The molecule has 8 heteroatoms. The number of carbonyl (C=O) groups is 2. The lowest BCUT2D eigenvalue weighted by atomic mass is 9.95. The number of methoxy groups -OCH3 is 1. The highest BCUT2D eigenvalue weighted by Gasteiger charge is 2.46. The number of amides is 1. The number of hydrogen-bond acceptors (Lipinski definition) is 4. The predicted octanol–water partition coefficient (Wildman–Crippen LogP) is 5.81. The second kappa shape index (κ2) is 9.87. The normalized spacial score (nSPS) is 17.3. The van der Waals surface area contributed by atoms with Gasteiger partial charge in [-0.1, -0.05) is 65.7 Å². The van der Waals surface area contributed by atoms with Gasteiger partial charge in [-0.3, -0.25) is 9.59 Å². The van der Waals surface area contributed by atoms with Crippen LogP contribution >= 0.6 is 23.2 Å². The van der Waals surface area contributed by atoms with Crippen LogP contribution in [0.15, 0.2) is 72.3 Å². The number of nitrogens with zero attached hydrogens (tertiary/aromatic N) is 1. The molecule has 0 aliphatic carbocycles. The molecule has 5 nitrogen and oxygen atoms in total. The highest BCUT2D eigenvalue weighted by atomic mass is 35.5. The molecule has 3 aromatic rings. The maximum absolute atomic E-state index is 13.3. The molecule has 0 spiro atoms. The fraction of sp³-hybridized carbons (Fsp3) is 0.154. The van der Waals surface area contributed by atoms with E-state index in [1.807, 2.05) is 6.07 Å². The Labute approximate surface area is 206 Å². The van der Waals surface area contributed by atoms with Gasteiger partial charge in [0.2, 0.25) is 0 Å². The Hall–Kier alpha value is -3.35. The summed E-state index contributed by atoms with van der Waals surface area (Å²) < 4.78 is 18.6. The summed E-state index contributed by atoms with van der Waals surface area (Å²) in [5.74, 6) is -2.23. The van der Waals surface area contributed by atoms with Gasteiger partial charge in [0.1, 0.15) is 17.3 Å². The lowest BCUT2D eigenvalue weighted by Gasteiger charge is -2.25. The SMILES string of the molecule is COc1c(Cl)cc(Cl)cc1/C(O)=C1\C(=O)C(=O)N(CCc2ccc(F)cc2)C1c1ccccc1. The number of halogens is 3. The minimum atomic E-state index is -0.843. The second-order valence-corrected chi connectivity index (χ2v) is 8.59. The monoisotopic (exact) mass is 499 g/mol. The first-order chi connectivity index (χ1) is 16.3. The Morgan fingerprint density at radius 2 is 1.74 bits per heavy atom. The third kappa shape index (κ3) is 4.52. The van der Waals surface area contributed by atoms with E-state index in [1.165, 1.54) is 36.3 Å². The summed E-state index contributed by atoms with van der Waals surface area (Å²) in [4.78, 5) is 27.7. The number of aliphatic hydroxyl groups is 1. The van der Waals surface area contributed by atoms with Crippen LogP contribution in [0.3, 0.4) is 0 Å². The Balaban J connectivity index is 1.82. The molecule has 1 amide bonds. The van der Waals surface area contributed by atoms with Crippen molar-refractivity contribution in [1.29, 1.82) is 0 Å². The molecule has 0 radical (unpaired) electrons. The molecule has 0 aromatic heterocycles. The lowest BCUT2D eigenvalue weighted by molar-refractivity contribution is -0.139. The van der Waals surface area contributed by atoms with Gasteiger partial charge in [-0.15, -0.1) is 0 Å². The minimum Gasteiger partial charge on any atom is -0.507 e. The van der Waals surface area contributed by atoms with Crippen molar-refractivity contribution in [2.45, 2.75) is 12.5 Å². The van der Waals surface area contributed by atoms with Crippen molar-refractivity contribution in [1.82, 2.24) is 4.90 Å². The number of rotatable bonds is 6. The number of likely N-dealkylation sites (tertiary alicyclic amines) is 1. The van der Waals surface area contributed by atoms with Crippen molar-refractivity contribution in [3.05, 3.63) is 105 Å². The molecule has 1 heterocycles. The number of benzene rings is 3. The molecule has 0 bridgehead atoms. The second-order valence-electron chi connectivity index (χ2n) is 7.75. The van der Waals surface area contributed by atoms with Crippen LogP contribution in [0, 0.1) is 5.82 Å². The minimum absolute atomic E-state index is 0.0908. The summed E-state index contributed by atoms with van der Waals surface area (Å²) in [5, 5.41) is 11.7. The predicted molar refractivity (Wildman–Crippen MR) is 129 cm³/mol. The zero-order valence-electron chi connectivity index (χ0n) is 18.1. The van der Waals surface area contributed by atoms with Gasteiger partial charge in [0, 0.05) is 11.6 Å². The van der Waals surface area contributed by atoms with Gasteiger partial charge in [-0.25, -0.2) is 4.39 Å². The molecule has 1 N–H and O–H groups in total. The summed E-state index contributed by atoms with van der Waals surface area (Å²) in [7, 11) is 1.38. The molecular weight excluding hydrogens is 480 g/mol. The molecule has 174 valence electrons. The molecule has 1 saturated heterocycles. The molecule has 1 atom stereocenters. The van der Waals surface area contributed by atoms with E-state index in [1.54, 1.807) is 36.4 Å². The van der Waals surface area contributed by atoms with Crippen molar-refractivity contribution in [2.75, 3.05) is 13.7 Å². The van der Waals surface area contributed by atoms with Crippen LogP contribution in [0.25, 0.3) is 5.76 Å². The Morgan fingerprint density at radius 1 is 1.06 bits per heavy atom. The smallest absolute Gasteiger partial charge is 0.295 e. The zero-order valence-corrected chi connectivity index (χ0v) is 19.6.